The molecule has 1 saturated heterocycles. The van der Waals surface area contributed by atoms with Gasteiger partial charge in [-0.1, -0.05) is 0 Å². The fourth-order valence-corrected chi connectivity index (χ4v) is 2.32. The van der Waals surface area contributed by atoms with Gasteiger partial charge in [0.1, 0.15) is 18.2 Å². The highest BCUT2D eigenvalue weighted by atomic mass is 19.1. The molecule has 0 bridgehead atoms. The Labute approximate surface area is 113 Å². The summed E-state index contributed by atoms with van der Waals surface area (Å²) in [6.07, 6.45) is 4.11. The molecule has 1 heterocycles. The highest BCUT2D eigenvalue weighted by Gasteiger charge is 2.15. The summed E-state index contributed by atoms with van der Waals surface area (Å²) in [5.41, 5.74) is 6.60. The Bertz CT molecular complexity index is 403. The predicted molar refractivity (Wildman–Crippen MR) is 72.8 cm³/mol. The second-order valence-electron chi connectivity index (χ2n) is 5.23. The summed E-state index contributed by atoms with van der Waals surface area (Å²) < 4.78 is 24.7. The number of rotatable bonds is 5. The molecule has 106 valence electrons. The van der Waals surface area contributed by atoms with E-state index in [-0.39, 0.29) is 18.0 Å². The van der Waals surface area contributed by atoms with Gasteiger partial charge in [0.05, 0.1) is 6.10 Å². The van der Waals surface area contributed by atoms with Gasteiger partial charge in [-0.15, -0.1) is 0 Å². The molecule has 0 saturated carbocycles. The number of hydrogen-bond donors (Lipinski definition) is 1. The van der Waals surface area contributed by atoms with Crippen molar-refractivity contribution in [3.05, 3.63) is 29.6 Å². The Balaban J connectivity index is 1.97. The van der Waals surface area contributed by atoms with Crippen LogP contribution in [0.4, 0.5) is 4.39 Å². The van der Waals surface area contributed by atoms with Crippen LogP contribution in [0.25, 0.3) is 0 Å². The average Bonchev–Trinajstić information content (AvgIpc) is 2.38. The number of benzene rings is 1. The van der Waals surface area contributed by atoms with Crippen molar-refractivity contribution in [3.63, 3.8) is 0 Å². The largest absolute Gasteiger partial charge is 0.491 e. The maximum atomic E-state index is 13.3. The zero-order valence-electron chi connectivity index (χ0n) is 11.4. The van der Waals surface area contributed by atoms with E-state index in [2.05, 4.69) is 0 Å². The van der Waals surface area contributed by atoms with Crippen molar-refractivity contribution in [3.8, 4) is 5.75 Å². The topological polar surface area (TPSA) is 44.5 Å². The van der Waals surface area contributed by atoms with E-state index >= 15 is 0 Å². The van der Waals surface area contributed by atoms with Gasteiger partial charge in [0.15, 0.2) is 0 Å². The van der Waals surface area contributed by atoms with Gasteiger partial charge in [0.25, 0.3) is 0 Å². The van der Waals surface area contributed by atoms with Crippen LogP contribution in [-0.2, 0) is 11.2 Å². The second kappa shape index (κ2) is 6.87. The molecule has 2 atom stereocenters. The lowest BCUT2D eigenvalue weighted by molar-refractivity contribution is -0.0112. The molecule has 1 aliphatic heterocycles. The van der Waals surface area contributed by atoms with Crippen LogP contribution in [0.1, 0.15) is 31.7 Å². The first kappa shape index (κ1) is 14.3. The lowest BCUT2D eigenvalue weighted by Gasteiger charge is -2.23. The first-order valence-electron chi connectivity index (χ1n) is 6.93. The molecule has 2 unspecified atom stereocenters. The van der Waals surface area contributed by atoms with E-state index in [0.29, 0.717) is 18.8 Å². The van der Waals surface area contributed by atoms with Crippen LogP contribution in [0.2, 0.25) is 0 Å². The highest BCUT2D eigenvalue weighted by Crippen LogP contribution is 2.22. The molecule has 3 nitrogen and oxygen atoms in total. The molecule has 2 N–H and O–H groups in total. The number of halogens is 1. The highest BCUT2D eigenvalue weighted by molar-refractivity contribution is 5.34. The van der Waals surface area contributed by atoms with Crippen LogP contribution in [0.3, 0.4) is 0 Å². The monoisotopic (exact) mass is 267 g/mol. The van der Waals surface area contributed by atoms with Crippen LogP contribution >= 0.6 is 0 Å². The normalized spacial score (nSPS) is 21.1. The smallest absolute Gasteiger partial charge is 0.123 e. The minimum absolute atomic E-state index is 0.0184. The van der Waals surface area contributed by atoms with Gasteiger partial charge in [-0.05, 0) is 56.4 Å². The first-order chi connectivity index (χ1) is 9.15. The van der Waals surface area contributed by atoms with Crippen LogP contribution in [-0.4, -0.2) is 25.4 Å². The molecule has 1 aromatic carbocycles. The number of hydrogen-bond acceptors (Lipinski definition) is 3. The standard InChI is InChI=1S/C15H22FNO2/c1-11(17)8-12-9-13(16)5-6-15(12)19-10-14-4-2-3-7-18-14/h5-6,9,11,14H,2-4,7-8,10,17H2,1H3. The van der Waals surface area contributed by atoms with Gasteiger partial charge < -0.3 is 15.2 Å². The van der Waals surface area contributed by atoms with E-state index in [1.165, 1.54) is 18.6 Å². The molecular formula is C15H22FNO2. The van der Waals surface area contributed by atoms with E-state index in [1.54, 1.807) is 6.07 Å². The average molecular weight is 267 g/mol. The van der Waals surface area contributed by atoms with E-state index in [9.17, 15) is 4.39 Å². The second-order valence-corrected chi connectivity index (χ2v) is 5.23. The fraction of sp³-hybridized carbons (Fsp3) is 0.600. The molecular weight excluding hydrogens is 245 g/mol. The van der Waals surface area contributed by atoms with Crippen molar-refractivity contribution in [1.29, 1.82) is 0 Å². The van der Waals surface area contributed by atoms with Gasteiger partial charge >= 0.3 is 0 Å². The molecule has 1 aliphatic rings. The maximum Gasteiger partial charge on any atom is 0.123 e. The molecule has 1 aromatic rings. The van der Waals surface area contributed by atoms with Crippen molar-refractivity contribution in [2.75, 3.05) is 13.2 Å². The third-order valence-corrected chi connectivity index (χ3v) is 3.26. The Morgan fingerprint density at radius 1 is 1.47 bits per heavy atom. The number of nitrogens with two attached hydrogens (primary N) is 1. The molecule has 4 heteroatoms. The fourth-order valence-electron chi connectivity index (χ4n) is 2.32. The zero-order valence-corrected chi connectivity index (χ0v) is 11.4. The summed E-state index contributed by atoms with van der Waals surface area (Å²) in [6, 6.07) is 4.58. The summed E-state index contributed by atoms with van der Waals surface area (Å²) in [6.45, 7) is 3.24. The predicted octanol–water partition coefficient (Wildman–Crippen LogP) is 2.66. The van der Waals surface area contributed by atoms with Gasteiger partial charge in [0, 0.05) is 12.6 Å². The number of ether oxygens (including phenoxy) is 2. The van der Waals surface area contributed by atoms with Gasteiger partial charge in [0.2, 0.25) is 0 Å². The zero-order chi connectivity index (χ0) is 13.7. The summed E-state index contributed by atoms with van der Waals surface area (Å²) >= 11 is 0. The maximum absolute atomic E-state index is 13.3. The van der Waals surface area contributed by atoms with Crippen LogP contribution in [0.5, 0.6) is 5.75 Å². The summed E-state index contributed by atoms with van der Waals surface area (Å²) in [4.78, 5) is 0. The van der Waals surface area contributed by atoms with Crippen molar-refractivity contribution >= 4 is 0 Å². The van der Waals surface area contributed by atoms with E-state index in [4.69, 9.17) is 15.2 Å². The lowest BCUT2D eigenvalue weighted by atomic mass is 10.1. The van der Waals surface area contributed by atoms with Crippen molar-refractivity contribution < 1.29 is 13.9 Å². The summed E-state index contributed by atoms with van der Waals surface area (Å²) in [7, 11) is 0. The van der Waals surface area contributed by atoms with Crippen molar-refractivity contribution in [2.24, 2.45) is 5.73 Å². The molecule has 1 fully saturated rings. The van der Waals surface area contributed by atoms with Crippen LogP contribution in [0, 0.1) is 5.82 Å². The minimum Gasteiger partial charge on any atom is -0.491 e. The third-order valence-electron chi connectivity index (χ3n) is 3.26. The molecule has 19 heavy (non-hydrogen) atoms. The molecule has 0 aromatic heterocycles. The Morgan fingerprint density at radius 2 is 2.32 bits per heavy atom. The van der Waals surface area contributed by atoms with E-state index in [1.807, 2.05) is 6.92 Å². The van der Waals surface area contributed by atoms with Gasteiger partial charge in [-0.2, -0.15) is 0 Å². The van der Waals surface area contributed by atoms with Gasteiger partial charge in [-0.25, -0.2) is 4.39 Å². The Kier molecular flexibility index (Phi) is 5.16. The Hall–Kier alpha value is -1.13. The summed E-state index contributed by atoms with van der Waals surface area (Å²) in [5.74, 6) is 0.463. The molecule has 0 spiro atoms. The molecule has 2 rings (SSSR count). The van der Waals surface area contributed by atoms with Crippen molar-refractivity contribution in [1.82, 2.24) is 0 Å². The summed E-state index contributed by atoms with van der Waals surface area (Å²) in [5, 5.41) is 0. The minimum atomic E-state index is -0.253. The quantitative estimate of drug-likeness (QED) is 0.892. The third kappa shape index (κ3) is 4.48. The van der Waals surface area contributed by atoms with Gasteiger partial charge in [-0.3, -0.25) is 0 Å². The SMILES string of the molecule is CC(N)Cc1cc(F)ccc1OCC1CCCCO1. The lowest BCUT2D eigenvalue weighted by Crippen LogP contribution is -2.26. The van der Waals surface area contributed by atoms with E-state index in [0.717, 1.165) is 25.0 Å². The molecule has 0 radical (unpaired) electrons. The van der Waals surface area contributed by atoms with Crippen LogP contribution < -0.4 is 10.5 Å². The van der Waals surface area contributed by atoms with Crippen LogP contribution in [0.15, 0.2) is 18.2 Å². The molecule has 0 aliphatic carbocycles. The molecule has 0 amide bonds. The first-order valence-corrected chi connectivity index (χ1v) is 6.93. The Morgan fingerprint density at radius 3 is 3.00 bits per heavy atom. The van der Waals surface area contributed by atoms with E-state index < -0.39 is 0 Å². The van der Waals surface area contributed by atoms with Crippen molar-refractivity contribution in [2.45, 2.75) is 44.8 Å².